The Bertz CT molecular complexity index is 948. The molecule has 0 saturated carbocycles. The summed E-state index contributed by atoms with van der Waals surface area (Å²) in [6.07, 6.45) is 0. The van der Waals surface area contributed by atoms with Crippen molar-refractivity contribution in [1.29, 1.82) is 0 Å². The van der Waals surface area contributed by atoms with Crippen LogP contribution in [0.15, 0.2) is 103 Å². The van der Waals surface area contributed by atoms with E-state index in [4.69, 9.17) is 0 Å². The van der Waals surface area contributed by atoms with Crippen molar-refractivity contribution in [2.24, 2.45) is 0 Å². The van der Waals surface area contributed by atoms with Gasteiger partial charge in [-0.3, -0.25) is 0 Å². The van der Waals surface area contributed by atoms with Crippen LogP contribution in [0.5, 0.6) is 0 Å². The molecule has 0 unspecified atom stereocenters. The first kappa shape index (κ1) is 14.1. The number of hydrogen-bond acceptors (Lipinski definition) is 0. The Morgan fingerprint density at radius 3 is 1.48 bits per heavy atom. The van der Waals surface area contributed by atoms with Gasteiger partial charge in [0.15, 0.2) is 0 Å². The van der Waals surface area contributed by atoms with Crippen LogP contribution >= 0.6 is 7.53 Å². The van der Waals surface area contributed by atoms with Crippen LogP contribution in [-0.4, -0.2) is 0 Å². The molecule has 4 rings (SSSR count). The minimum atomic E-state index is -0.438. The predicted octanol–water partition coefficient (Wildman–Crippen LogP) is 7.09. The Kier molecular flexibility index (Phi) is 3.84. The van der Waals surface area contributed by atoms with E-state index in [1.54, 1.807) is 0 Å². The first-order valence-corrected chi connectivity index (χ1v) is 9.28. The molecule has 3 aromatic carbocycles. The van der Waals surface area contributed by atoms with E-state index < -0.39 is 7.53 Å². The van der Waals surface area contributed by atoms with Crippen molar-refractivity contribution < 1.29 is 0 Å². The second-order valence-electron chi connectivity index (χ2n) is 5.55. The predicted molar refractivity (Wildman–Crippen MR) is 103 cm³/mol. The summed E-state index contributed by atoms with van der Waals surface area (Å²) in [6.45, 7) is 0. The third-order valence-electron chi connectivity index (χ3n) is 4.10. The smallest absolute Gasteiger partial charge is 0.00219 e. The molecule has 1 heteroatoms. The van der Waals surface area contributed by atoms with Crippen LogP contribution in [0.2, 0.25) is 0 Å². The van der Waals surface area contributed by atoms with Crippen molar-refractivity contribution in [3.8, 4) is 5.30 Å². The Labute approximate surface area is 137 Å². The average molecular weight is 312 g/mol. The van der Waals surface area contributed by atoms with Crippen LogP contribution in [0.1, 0.15) is 0 Å². The zero-order chi connectivity index (χ0) is 15.5. The maximum atomic E-state index is 2.35. The summed E-state index contributed by atoms with van der Waals surface area (Å²) >= 11 is 0. The van der Waals surface area contributed by atoms with E-state index in [0.717, 1.165) is 0 Å². The van der Waals surface area contributed by atoms with Crippen molar-refractivity contribution >= 4 is 29.1 Å². The molecule has 0 amide bonds. The van der Waals surface area contributed by atoms with E-state index in [9.17, 15) is 0 Å². The molecular weight excluding hydrogens is 295 g/mol. The summed E-state index contributed by atoms with van der Waals surface area (Å²) in [5.74, 6) is 4.71. The Morgan fingerprint density at radius 1 is 0.435 bits per heavy atom. The number of hydrogen-bond donors (Lipinski definition) is 0. The number of benzene rings is 3. The number of rotatable bonds is 1. The molecule has 0 aliphatic rings. The van der Waals surface area contributed by atoms with E-state index in [0.29, 0.717) is 0 Å². The van der Waals surface area contributed by atoms with Gasteiger partial charge < -0.3 is 0 Å². The average Bonchev–Trinajstić information content (AvgIpc) is 2.70. The van der Waals surface area contributed by atoms with Gasteiger partial charge in [-0.2, -0.15) is 0 Å². The van der Waals surface area contributed by atoms with Crippen molar-refractivity contribution in [3.63, 3.8) is 0 Å². The minimum Gasteiger partial charge on any atom is -0.0934 e. The van der Waals surface area contributed by atoms with Gasteiger partial charge in [0.05, 0.1) is 0 Å². The zero-order valence-electron chi connectivity index (χ0n) is 12.8. The molecule has 23 heavy (non-hydrogen) atoms. The first-order chi connectivity index (χ1) is 11.4. The summed E-state index contributed by atoms with van der Waals surface area (Å²) in [5.41, 5.74) is 0. The van der Waals surface area contributed by atoms with Crippen LogP contribution in [0.25, 0.3) is 26.8 Å². The molecule has 0 bridgehead atoms. The van der Waals surface area contributed by atoms with Crippen LogP contribution < -0.4 is 0 Å². The van der Waals surface area contributed by atoms with Gasteiger partial charge in [-0.1, -0.05) is 98.5 Å². The highest BCUT2D eigenvalue weighted by Gasteiger charge is 1.97. The van der Waals surface area contributed by atoms with Crippen LogP contribution in [0, 0.1) is 0 Å². The highest BCUT2D eigenvalue weighted by Crippen LogP contribution is 2.37. The molecule has 0 N–H and O–H groups in total. The van der Waals surface area contributed by atoms with E-state index in [-0.39, 0.29) is 0 Å². The molecule has 0 saturated heterocycles. The molecule has 1 aromatic heterocycles. The molecule has 0 aliphatic heterocycles. The Balaban J connectivity index is 2.13. The van der Waals surface area contributed by atoms with Crippen molar-refractivity contribution in [2.75, 3.05) is 0 Å². The summed E-state index contributed by atoms with van der Waals surface area (Å²) in [7, 11) is -0.438. The van der Waals surface area contributed by atoms with Gasteiger partial charge >= 0.3 is 0 Å². The lowest BCUT2D eigenvalue weighted by Gasteiger charge is -1.98. The zero-order valence-corrected chi connectivity index (χ0v) is 13.7. The lowest BCUT2D eigenvalue weighted by Crippen LogP contribution is -1.71. The fourth-order valence-corrected chi connectivity index (χ4v) is 4.52. The van der Waals surface area contributed by atoms with Crippen LogP contribution in [0.4, 0.5) is 0 Å². The van der Waals surface area contributed by atoms with Gasteiger partial charge in [0, 0.05) is 0 Å². The van der Waals surface area contributed by atoms with Gasteiger partial charge in [-0.15, -0.1) is 0 Å². The molecule has 0 atom stereocenters. The first-order valence-electron chi connectivity index (χ1n) is 7.80. The SMILES string of the molecule is c1ccc(-p2ccc3ccccc3c3ccccc3cc2)cc1. The molecule has 0 spiro atoms. The summed E-state index contributed by atoms with van der Waals surface area (Å²) in [6, 6.07) is 32.6. The fourth-order valence-electron chi connectivity index (χ4n) is 2.92. The van der Waals surface area contributed by atoms with Gasteiger partial charge in [0.25, 0.3) is 0 Å². The third kappa shape index (κ3) is 2.86. The third-order valence-corrected chi connectivity index (χ3v) is 5.93. The standard InChI is InChI=1S/C22H17P/c1-2-10-20(11-3-1)23-16-14-18-8-4-6-12-21(18)22-13-7-5-9-19(22)15-17-23/h1-17H. The monoisotopic (exact) mass is 312 g/mol. The second-order valence-corrected chi connectivity index (χ2v) is 7.48. The van der Waals surface area contributed by atoms with Crippen molar-refractivity contribution in [3.05, 3.63) is 103 Å². The largest absolute Gasteiger partial charge is 0.0934 e. The van der Waals surface area contributed by atoms with Gasteiger partial charge in [0.2, 0.25) is 0 Å². The van der Waals surface area contributed by atoms with E-state index in [1.165, 1.54) is 26.8 Å². The van der Waals surface area contributed by atoms with Crippen molar-refractivity contribution in [2.45, 2.75) is 0 Å². The molecule has 0 aliphatic carbocycles. The lowest BCUT2D eigenvalue weighted by molar-refractivity contribution is 1.76. The topological polar surface area (TPSA) is 0 Å². The molecule has 0 fully saturated rings. The molecule has 4 aromatic rings. The van der Waals surface area contributed by atoms with Gasteiger partial charge in [-0.05, 0) is 38.4 Å². The highest BCUT2D eigenvalue weighted by molar-refractivity contribution is 7.55. The maximum Gasteiger partial charge on any atom is -0.00219 e. The molecule has 0 nitrogen and oxygen atoms in total. The maximum absolute atomic E-state index is 2.35. The quantitative estimate of drug-likeness (QED) is 0.352. The second kappa shape index (κ2) is 6.28. The van der Waals surface area contributed by atoms with E-state index >= 15 is 0 Å². The molecule has 0 radical (unpaired) electrons. The number of fused-ring (bicyclic) bond motifs is 3. The summed E-state index contributed by atoms with van der Waals surface area (Å²) in [5, 5.41) is 6.55. The van der Waals surface area contributed by atoms with Crippen LogP contribution in [-0.2, 0) is 0 Å². The van der Waals surface area contributed by atoms with E-state index in [2.05, 4.69) is 103 Å². The lowest BCUT2D eigenvalue weighted by atomic mass is 10.1. The Hall–Kier alpha value is -2.56. The van der Waals surface area contributed by atoms with Crippen molar-refractivity contribution in [1.82, 2.24) is 0 Å². The minimum absolute atomic E-state index is 0.438. The molecule has 110 valence electrons. The van der Waals surface area contributed by atoms with Crippen LogP contribution in [0.3, 0.4) is 0 Å². The normalized spacial score (nSPS) is 10.6. The van der Waals surface area contributed by atoms with Gasteiger partial charge in [0.1, 0.15) is 0 Å². The molecule has 1 heterocycles. The van der Waals surface area contributed by atoms with E-state index in [1.807, 2.05) is 0 Å². The Morgan fingerprint density at radius 2 is 0.913 bits per heavy atom. The highest BCUT2D eigenvalue weighted by atomic mass is 31.1. The van der Waals surface area contributed by atoms with Gasteiger partial charge in [-0.25, -0.2) is 0 Å². The molecular formula is C22H17P. The summed E-state index contributed by atoms with van der Waals surface area (Å²) < 4.78 is 0. The fraction of sp³-hybridized carbons (Fsp3) is 0. The summed E-state index contributed by atoms with van der Waals surface area (Å²) in [4.78, 5) is 0.